The highest BCUT2D eigenvalue weighted by atomic mass is 79.9. The van der Waals surface area contributed by atoms with Gasteiger partial charge < -0.3 is 5.32 Å². The molecule has 20 heavy (non-hydrogen) atoms. The summed E-state index contributed by atoms with van der Waals surface area (Å²) in [5, 5.41) is 14.3. The quantitative estimate of drug-likeness (QED) is 0.642. The van der Waals surface area contributed by atoms with Crippen molar-refractivity contribution in [1.29, 1.82) is 0 Å². The van der Waals surface area contributed by atoms with Gasteiger partial charge in [0.1, 0.15) is 0 Å². The van der Waals surface area contributed by atoms with E-state index in [-0.39, 0.29) is 16.7 Å². The maximum absolute atomic E-state index is 11.0. The Kier molecular flexibility index (Phi) is 4.39. The minimum Gasteiger partial charge on any atom is -0.377 e. The van der Waals surface area contributed by atoms with Crippen LogP contribution in [0.5, 0.6) is 0 Å². The molecule has 0 bridgehead atoms. The molecule has 0 heterocycles. The number of rotatable bonds is 4. The molecule has 2 rings (SSSR count). The zero-order chi connectivity index (χ0) is 14.7. The summed E-state index contributed by atoms with van der Waals surface area (Å²) in [4.78, 5) is 10.6. The van der Waals surface area contributed by atoms with Gasteiger partial charge in [-0.3, -0.25) is 10.1 Å². The molecule has 0 aliphatic carbocycles. The van der Waals surface area contributed by atoms with Crippen LogP contribution in [0.4, 0.5) is 11.4 Å². The van der Waals surface area contributed by atoms with E-state index in [0.717, 1.165) is 15.7 Å². The molecule has 104 valence electrons. The molecule has 0 saturated heterocycles. The smallest absolute Gasteiger partial charge is 0.274 e. The van der Waals surface area contributed by atoms with E-state index >= 15 is 0 Å². The Morgan fingerprint density at radius 1 is 1.25 bits per heavy atom. The number of nitrogens with one attached hydrogen (secondary N) is 1. The molecule has 4 nitrogen and oxygen atoms in total. The van der Waals surface area contributed by atoms with Crippen molar-refractivity contribution in [3.63, 3.8) is 0 Å². The first-order chi connectivity index (χ1) is 9.49. The molecule has 1 unspecified atom stereocenters. The minimum atomic E-state index is -0.361. The average molecular weight is 335 g/mol. The van der Waals surface area contributed by atoms with E-state index in [9.17, 15) is 10.1 Å². The topological polar surface area (TPSA) is 55.2 Å². The summed E-state index contributed by atoms with van der Waals surface area (Å²) in [6.45, 7) is 3.75. The number of hydrogen-bond donors (Lipinski definition) is 1. The molecular weight excluding hydrogens is 320 g/mol. The van der Waals surface area contributed by atoms with Crippen molar-refractivity contribution in [3.05, 3.63) is 68.2 Å². The van der Waals surface area contributed by atoms with Crippen molar-refractivity contribution in [2.24, 2.45) is 0 Å². The van der Waals surface area contributed by atoms with Gasteiger partial charge in [-0.25, -0.2) is 0 Å². The van der Waals surface area contributed by atoms with Crippen molar-refractivity contribution in [1.82, 2.24) is 0 Å². The van der Waals surface area contributed by atoms with Gasteiger partial charge >= 0.3 is 0 Å². The molecule has 0 aliphatic heterocycles. The predicted molar refractivity (Wildman–Crippen MR) is 84.0 cm³/mol. The first-order valence-electron chi connectivity index (χ1n) is 6.25. The first-order valence-corrected chi connectivity index (χ1v) is 7.04. The number of nitro benzene ring substituents is 1. The highest BCUT2D eigenvalue weighted by Gasteiger charge is 2.15. The van der Waals surface area contributed by atoms with Crippen LogP contribution in [0.25, 0.3) is 0 Å². The van der Waals surface area contributed by atoms with Gasteiger partial charge in [0, 0.05) is 22.1 Å². The molecule has 1 N–H and O–H groups in total. The zero-order valence-corrected chi connectivity index (χ0v) is 12.8. The lowest BCUT2D eigenvalue weighted by Gasteiger charge is -2.17. The second-order valence-electron chi connectivity index (χ2n) is 4.65. The third-order valence-corrected chi connectivity index (χ3v) is 3.81. The number of halogens is 1. The summed E-state index contributed by atoms with van der Waals surface area (Å²) >= 11 is 3.45. The van der Waals surface area contributed by atoms with Gasteiger partial charge in [0.05, 0.1) is 10.6 Å². The number of anilines is 1. The van der Waals surface area contributed by atoms with Crippen LogP contribution in [0, 0.1) is 17.0 Å². The fourth-order valence-corrected chi connectivity index (χ4v) is 2.60. The van der Waals surface area contributed by atoms with Crippen LogP contribution in [-0.4, -0.2) is 4.92 Å². The Morgan fingerprint density at radius 2 is 1.90 bits per heavy atom. The van der Waals surface area contributed by atoms with Crippen LogP contribution in [0.3, 0.4) is 0 Å². The Bertz CT molecular complexity index is 629. The van der Waals surface area contributed by atoms with Crippen LogP contribution in [0.15, 0.2) is 46.9 Å². The minimum absolute atomic E-state index is 0.0646. The van der Waals surface area contributed by atoms with Crippen LogP contribution in [0.1, 0.15) is 24.1 Å². The summed E-state index contributed by atoms with van der Waals surface area (Å²) in [5.74, 6) is 0. The van der Waals surface area contributed by atoms with E-state index in [1.165, 1.54) is 0 Å². The Hall–Kier alpha value is -1.88. The van der Waals surface area contributed by atoms with Crippen LogP contribution < -0.4 is 5.32 Å². The standard InChI is InChI=1S/C15H15BrN2O2/c1-10-8-13(16)14(9-15(10)18(19)20)17-11(2)12-6-4-3-5-7-12/h3-9,11,17H,1-2H3. The van der Waals surface area contributed by atoms with Gasteiger partial charge in [-0.15, -0.1) is 0 Å². The SMILES string of the molecule is Cc1cc(Br)c(NC(C)c2ccccc2)cc1[N+](=O)[O-]. The van der Waals surface area contributed by atoms with Gasteiger partial charge in [-0.2, -0.15) is 0 Å². The van der Waals surface area contributed by atoms with Gasteiger partial charge in [0.25, 0.3) is 5.69 Å². The lowest BCUT2D eigenvalue weighted by molar-refractivity contribution is -0.385. The van der Waals surface area contributed by atoms with Crippen molar-refractivity contribution >= 4 is 27.3 Å². The summed E-state index contributed by atoms with van der Waals surface area (Å²) < 4.78 is 0.823. The van der Waals surface area contributed by atoms with Crippen molar-refractivity contribution in [2.75, 3.05) is 5.32 Å². The van der Waals surface area contributed by atoms with Crippen LogP contribution in [-0.2, 0) is 0 Å². The number of nitro groups is 1. The zero-order valence-electron chi connectivity index (χ0n) is 11.3. The normalized spacial score (nSPS) is 11.9. The second kappa shape index (κ2) is 6.05. The van der Waals surface area contributed by atoms with Gasteiger partial charge in [-0.1, -0.05) is 30.3 Å². The van der Waals surface area contributed by atoms with Gasteiger partial charge in [0.15, 0.2) is 0 Å². The van der Waals surface area contributed by atoms with E-state index in [2.05, 4.69) is 21.2 Å². The summed E-state index contributed by atoms with van der Waals surface area (Å²) in [6, 6.07) is 13.3. The lowest BCUT2D eigenvalue weighted by atomic mass is 10.1. The molecule has 0 aromatic heterocycles. The third kappa shape index (κ3) is 3.17. The predicted octanol–water partition coefficient (Wildman–Crippen LogP) is 4.84. The summed E-state index contributed by atoms with van der Waals surface area (Å²) in [7, 11) is 0. The summed E-state index contributed by atoms with van der Waals surface area (Å²) in [5.41, 5.74) is 2.61. The van der Waals surface area contributed by atoms with Crippen LogP contribution in [0.2, 0.25) is 0 Å². The fourth-order valence-electron chi connectivity index (χ4n) is 2.03. The van der Waals surface area contributed by atoms with E-state index in [1.54, 1.807) is 19.1 Å². The van der Waals surface area contributed by atoms with Crippen LogP contribution >= 0.6 is 15.9 Å². The number of aryl methyl sites for hydroxylation is 1. The molecular formula is C15H15BrN2O2. The van der Waals surface area contributed by atoms with E-state index in [1.807, 2.05) is 37.3 Å². The van der Waals surface area contributed by atoms with Crippen molar-refractivity contribution < 1.29 is 4.92 Å². The lowest BCUT2D eigenvalue weighted by Crippen LogP contribution is -2.07. The van der Waals surface area contributed by atoms with Crippen molar-refractivity contribution in [2.45, 2.75) is 19.9 Å². The molecule has 0 aliphatic rings. The molecule has 1 atom stereocenters. The second-order valence-corrected chi connectivity index (χ2v) is 5.51. The molecule has 0 amide bonds. The Labute approximate surface area is 126 Å². The molecule has 0 fully saturated rings. The largest absolute Gasteiger partial charge is 0.377 e. The van der Waals surface area contributed by atoms with E-state index in [4.69, 9.17) is 0 Å². The maximum Gasteiger partial charge on any atom is 0.274 e. The van der Waals surface area contributed by atoms with Gasteiger partial charge in [-0.05, 0) is 41.4 Å². The van der Waals surface area contributed by atoms with Gasteiger partial charge in [0.2, 0.25) is 0 Å². The molecule has 0 saturated carbocycles. The number of hydrogen-bond acceptors (Lipinski definition) is 3. The van der Waals surface area contributed by atoms with Crippen molar-refractivity contribution in [3.8, 4) is 0 Å². The molecule has 5 heteroatoms. The third-order valence-electron chi connectivity index (χ3n) is 3.15. The number of nitrogens with zero attached hydrogens (tertiary/aromatic N) is 1. The molecule has 0 spiro atoms. The first kappa shape index (κ1) is 14.5. The Balaban J connectivity index is 2.29. The molecule has 0 radical (unpaired) electrons. The monoisotopic (exact) mass is 334 g/mol. The van der Waals surface area contributed by atoms with E-state index in [0.29, 0.717) is 5.56 Å². The highest BCUT2D eigenvalue weighted by molar-refractivity contribution is 9.10. The summed E-state index contributed by atoms with van der Waals surface area (Å²) in [6.07, 6.45) is 0. The highest BCUT2D eigenvalue weighted by Crippen LogP contribution is 2.32. The number of benzene rings is 2. The molecule has 2 aromatic rings. The maximum atomic E-state index is 11.0. The fraction of sp³-hybridized carbons (Fsp3) is 0.200. The van der Waals surface area contributed by atoms with E-state index < -0.39 is 0 Å². The Morgan fingerprint density at radius 3 is 2.50 bits per heavy atom. The molecule has 2 aromatic carbocycles. The average Bonchev–Trinajstić information content (AvgIpc) is 2.42.